The third kappa shape index (κ3) is 2.20. The summed E-state index contributed by atoms with van der Waals surface area (Å²) >= 11 is 0. The third-order valence-corrected chi connectivity index (χ3v) is 8.69. The Hall–Kier alpha value is -0.670. The van der Waals surface area contributed by atoms with Gasteiger partial charge in [0.1, 0.15) is 0 Å². The van der Waals surface area contributed by atoms with Crippen molar-refractivity contribution in [1.82, 2.24) is 0 Å². The van der Waals surface area contributed by atoms with Crippen LogP contribution in [0.4, 0.5) is 0 Å². The Bertz CT molecular complexity index is 567. The highest BCUT2D eigenvalue weighted by molar-refractivity contribution is 5.91. The van der Waals surface area contributed by atoms with Crippen molar-refractivity contribution in [2.75, 3.05) is 6.61 Å². The standard InChI is InChI=1S/C21H32O3/c1-20-9-7-14(23)11-13(20)3-4-15-16-5-6-18(19(24)12-22)21(16,2)10-8-17(15)20/h11,15-19,22,24H,3-10,12H2,1-2H3/t15-,16-,17-,18?,19?,20-,21-/m0/s1. The maximum Gasteiger partial charge on any atom is 0.155 e. The number of hydrogen-bond donors (Lipinski definition) is 2. The summed E-state index contributed by atoms with van der Waals surface area (Å²) in [5, 5.41) is 19.8. The molecule has 134 valence electrons. The van der Waals surface area contributed by atoms with Gasteiger partial charge in [-0.2, -0.15) is 0 Å². The SMILES string of the molecule is C[C@]12CCC(=O)C=C1CC[C@@H]1[C@@H]2CC[C@]2(C)C(C(O)CO)CC[C@@H]12. The molecule has 4 aliphatic carbocycles. The van der Waals surface area contributed by atoms with Gasteiger partial charge < -0.3 is 10.2 Å². The molecule has 0 heterocycles. The van der Waals surface area contributed by atoms with Crippen molar-refractivity contribution in [3.63, 3.8) is 0 Å². The van der Waals surface area contributed by atoms with Crippen LogP contribution >= 0.6 is 0 Å². The van der Waals surface area contributed by atoms with Gasteiger partial charge in [0.15, 0.2) is 5.78 Å². The summed E-state index contributed by atoms with van der Waals surface area (Å²) < 4.78 is 0. The van der Waals surface area contributed by atoms with E-state index in [4.69, 9.17) is 0 Å². The van der Waals surface area contributed by atoms with Gasteiger partial charge in [-0.1, -0.05) is 19.4 Å². The van der Waals surface area contributed by atoms with E-state index in [0.29, 0.717) is 17.6 Å². The van der Waals surface area contributed by atoms with Crippen molar-refractivity contribution >= 4 is 5.78 Å². The quantitative estimate of drug-likeness (QED) is 0.814. The third-order valence-electron chi connectivity index (χ3n) is 8.69. The van der Waals surface area contributed by atoms with Crippen LogP contribution in [-0.4, -0.2) is 28.7 Å². The molecule has 0 aliphatic heterocycles. The van der Waals surface area contributed by atoms with E-state index in [-0.39, 0.29) is 23.4 Å². The Morgan fingerprint density at radius 3 is 2.67 bits per heavy atom. The molecule has 0 aromatic carbocycles. The van der Waals surface area contributed by atoms with Crippen LogP contribution in [0, 0.1) is 34.5 Å². The van der Waals surface area contributed by atoms with E-state index in [1.165, 1.54) is 24.8 Å². The lowest BCUT2D eigenvalue weighted by Gasteiger charge is -2.58. The first-order chi connectivity index (χ1) is 11.4. The minimum atomic E-state index is -0.557. The van der Waals surface area contributed by atoms with E-state index >= 15 is 0 Å². The van der Waals surface area contributed by atoms with Crippen molar-refractivity contribution in [2.24, 2.45) is 34.5 Å². The summed E-state index contributed by atoms with van der Waals surface area (Å²) in [6, 6.07) is 0. The predicted octanol–water partition coefficient (Wildman–Crippen LogP) is 3.49. The predicted molar refractivity (Wildman–Crippen MR) is 93.3 cm³/mol. The van der Waals surface area contributed by atoms with Gasteiger partial charge in [-0.25, -0.2) is 0 Å². The van der Waals surface area contributed by atoms with Gasteiger partial charge in [0.05, 0.1) is 12.7 Å². The van der Waals surface area contributed by atoms with Gasteiger partial charge in [-0.3, -0.25) is 4.79 Å². The van der Waals surface area contributed by atoms with Gasteiger partial charge in [0, 0.05) is 6.42 Å². The topological polar surface area (TPSA) is 57.5 Å². The first-order valence-electron chi connectivity index (χ1n) is 9.93. The Kier molecular flexibility index (Phi) is 3.96. The molecule has 3 nitrogen and oxygen atoms in total. The molecule has 3 saturated carbocycles. The molecule has 4 aliphatic rings. The molecular weight excluding hydrogens is 300 g/mol. The summed E-state index contributed by atoms with van der Waals surface area (Å²) in [5.74, 6) is 2.70. The summed E-state index contributed by atoms with van der Waals surface area (Å²) in [7, 11) is 0. The average Bonchev–Trinajstić information content (AvgIpc) is 2.92. The number of aliphatic hydroxyl groups is 2. The highest BCUT2D eigenvalue weighted by atomic mass is 16.3. The summed E-state index contributed by atoms with van der Waals surface area (Å²) in [4.78, 5) is 11.9. The van der Waals surface area contributed by atoms with Crippen LogP contribution in [0.3, 0.4) is 0 Å². The normalized spacial score (nSPS) is 49.0. The second kappa shape index (κ2) is 5.67. The molecule has 24 heavy (non-hydrogen) atoms. The van der Waals surface area contributed by atoms with Crippen molar-refractivity contribution in [1.29, 1.82) is 0 Å². The Labute approximate surface area is 145 Å². The van der Waals surface area contributed by atoms with E-state index in [1.54, 1.807) is 0 Å². The summed E-state index contributed by atoms with van der Waals surface area (Å²) in [6.07, 6.45) is 10.1. The monoisotopic (exact) mass is 332 g/mol. The fourth-order valence-corrected chi connectivity index (χ4v) is 7.36. The van der Waals surface area contributed by atoms with Crippen molar-refractivity contribution in [2.45, 2.75) is 71.3 Å². The van der Waals surface area contributed by atoms with Crippen LogP contribution in [0.25, 0.3) is 0 Å². The lowest BCUT2D eigenvalue weighted by atomic mass is 9.46. The van der Waals surface area contributed by atoms with Crippen LogP contribution in [0.2, 0.25) is 0 Å². The van der Waals surface area contributed by atoms with Crippen LogP contribution in [0.1, 0.15) is 65.2 Å². The first-order valence-corrected chi connectivity index (χ1v) is 9.93. The Balaban J connectivity index is 1.63. The average molecular weight is 332 g/mol. The first kappa shape index (κ1) is 16.8. The highest BCUT2D eigenvalue weighted by Crippen LogP contribution is 2.66. The fraction of sp³-hybridized carbons (Fsp3) is 0.857. The van der Waals surface area contributed by atoms with Gasteiger partial charge in [0.25, 0.3) is 0 Å². The second-order valence-electron chi connectivity index (χ2n) is 9.45. The minimum absolute atomic E-state index is 0.103. The second-order valence-corrected chi connectivity index (χ2v) is 9.45. The smallest absolute Gasteiger partial charge is 0.155 e. The zero-order valence-electron chi connectivity index (χ0n) is 15.1. The molecular formula is C21H32O3. The molecule has 0 bridgehead atoms. The van der Waals surface area contributed by atoms with Crippen LogP contribution < -0.4 is 0 Å². The van der Waals surface area contributed by atoms with Gasteiger partial charge >= 0.3 is 0 Å². The molecule has 0 radical (unpaired) electrons. The fourth-order valence-electron chi connectivity index (χ4n) is 7.36. The summed E-state index contributed by atoms with van der Waals surface area (Å²) in [5.41, 5.74) is 1.84. The zero-order chi connectivity index (χ0) is 17.1. The van der Waals surface area contributed by atoms with E-state index in [9.17, 15) is 15.0 Å². The number of fused-ring (bicyclic) bond motifs is 5. The maximum atomic E-state index is 11.9. The van der Waals surface area contributed by atoms with E-state index < -0.39 is 6.10 Å². The minimum Gasteiger partial charge on any atom is -0.394 e. The number of aliphatic hydroxyl groups excluding tert-OH is 2. The van der Waals surface area contributed by atoms with Crippen LogP contribution in [0.15, 0.2) is 11.6 Å². The van der Waals surface area contributed by atoms with E-state index in [1.807, 2.05) is 6.08 Å². The number of carbonyl (C=O) groups is 1. The highest BCUT2D eigenvalue weighted by Gasteiger charge is 2.59. The molecule has 3 heteroatoms. The number of carbonyl (C=O) groups excluding carboxylic acids is 1. The molecule has 0 spiro atoms. The molecule has 0 aromatic heterocycles. The van der Waals surface area contributed by atoms with Crippen LogP contribution in [-0.2, 0) is 4.79 Å². The lowest BCUT2D eigenvalue weighted by Crippen LogP contribution is -2.51. The molecule has 0 aromatic rings. The number of hydrogen-bond acceptors (Lipinski definition) is 3. The van der Waals surface area contributed by atoms with Crippen molar-refractivity contribution in [3.05, 3.63) is 11.6 Å². The van der Waals surface area contributed by atoms with Crippen LogP contribution in [0.5, 0.6) is 0 Å². The van der Waals surface area contributed by atoms with Crippen molar-refractivity contribution < 1.29 is 15.0 Å². The molecule has 2 N–H and O–H groups in total. The van der Waals surface area contributed by atoms with Crippen molar-refractivity contribution in [3.8, 4) is 0 Å². The molecule has 2 unspecified atom stereocenters. The van der Waals surface area contributed by atoms with Gasteiger partial charge in [-0.15, -0.1) is 0 Å². The van der Waals surface area contributed by atoms with E-state index in [2.05, 4.69) is 13.8 Å². The van der Waals surface area contributed by atoms with E-state index in [0.717, 1.165) is 38.0 Å². The Morgan fingerprint density at radius 2 is 1.92 bits per heavy atom. The zero-order valence-corrected chi connectivity index (χ0v) is 15.1. The maximum absolute atomic E-state index is 11.9. The molecule has 4 rings (SSSR count). The Morgan fingerprint density at radius 1 is 1.12 bits per heavy atom. The van der Waals surface area contributed by atoms with Gasteiger partial charge in [-0.05, 0) is 85.5 Å². The number of allylic oxidation sites excluding steroid dienone is 1. The molecule has 3 fully saturated rings. The molecule has 0 saturated heterocycles. The van der Waals surface area contributed by atoms with Gasteiger partial charge in [0.2, 0.25) is 0 Å². The number of rotatable bonds is 2. The molecule has 7 atom stereocenters. The summed E-state index contributed by atoms with van der Waals surface area (Å²) in [6.45, 7) is 4.69. The molecule has 0 amide bonds. The number of ketones is 1. The lowest BCUT2D eigenvalue weighted by molar-refractivity contribution is -0.118. The largest absolute Gasteiger partial charge is 0.394 e.